The number of aldehydes is 1. The first-order chi connectivity index (χ1) is 5.81. The molecule has 0 aromatic heterocycles. The summed E-state index contributed by atoms with van der Waals surface area (Å²) in [5.41, 5.74) is 1.65. The van der Waals surface area contributed by atoms with Gasteiger partial charge in [-0.2, -0.15) is 0 Å². The average molecular weight is 229 g/mol. The minimum absolute atomic E-state index is 0.665. The van der Waals surface area contributed by atoms with Crippen LogP contribution in [0.25, 0.3) is 0 Å². The highest BCUT2D eigenvalue weighted by molar-refractivity contribution is 9.08. The van der Waals surface area contributed by atoms with Crippen LogP contribution in [0.2, 0.25) is 0 Å². The third-order valence-electron chi connectivity index (χ3n) is 1.62. The standard InChI is InChI=1S/C9H9BrO2/c1-12-9-3-2-7(6-11)8(4-9)5-10/h2-4,6H,5H2,1H3. The van der Waals surface area contributed by atoms with Crippen molar-refractivity contribution in [2.24, 2.45) is 0 Å². The maximum Gasteiger partial charge on any atom is 0.150 e. The summed E-state index contributed by atoms with van der Waals surface area (Å²) in [5.74, 6) is 0.773. The van der Waals surface area contributed by atoms with Crippen LogP contribution in [-0.2, 0) is 5.33 Å². The number of methoxy groups -OCH3 is 1. The molecule has 0 unspecified atom stereocenters. The number of rotatable bonds is 3. The summed E-state index contributed by atoms with van der Waals surface area (Å²) in [7, 11) is 1.61. The van der Waals surface area contributed by atoms with Crippen molar-refractivity contribution in [1.29, 1.82) is 0 Å². The molecule has 0 radical (unpaired) electrons. The Hall–Kier alpha value is -0.830. The summed E-state index contributed by atoms with van der Waals surface area (Å²) in [6.45, 7) is 0. The third kappa shape index (κ3) is 1.85. The molecule has 1 aromatic rings. The second-order valence-corrected chi connectivity index (χ2v) is 2.88. The predicted octanol–water partition coefficient (Wildman–Crippen LogP) is 2.40. The van der Waals surface area contributed by atoms with E-state index in [1.165, 1.54) is 0 Å². The van der Waals surface area contributed by atoms with Gasteiger partial charge in [0.25, 0.3) is 0 Å². The summed E-state index contributed by atoms with van der Waals surface area (Å²) in [5, 5.41) is 0.665. The van der Waals surface area contributed by atoms with Crippen molar-refractivity contribution < 1.29 is 9.53 Å². The van der Waals surface area contributed by atoms with E-state index in [9.17, 15) is 4.79 Å². The maximum atomic E-state index is 10.5. The van der Waals surface area contributed by atoms with Crippen LogP contribution < -0.4 is 4.74 Å². The van der Waals surface area contributed by atoms with Gasteiger partial charge in [-0.25, -0.2) is 0 Å². The van der Waals surface area contributed by atoms with Crippen LogP contribution in [0.15, 0.2) is 18.2 Å². The SMILES string of the molecule is COc1ccc(C=O)c(CBr)c1. The topological polar surface area (TPSA) is 26.3 Å². The molecule has 0 spiro atoms. The van der Waals surface area contributed by atoms with Crippen LogP contribution in [0.5, 0.6) is 5.75 Å². The molecule has 0 bridgehead atoms. The Kier molecular flexibility index (Phi) is 3.29. The molecule has 0 saturated heterocycles. The molecular formula is C9H9BrO2. The van der Waals surface area contributed by atoms with Crippen molar-refractivity contribution >= 4 is 22.2 Å². The van der Waals surface area contributed by atoms with Crippen LogP contribution in [0.4, 0.5) is 0 Å². The zero-order valence-electron chi connectivity index (χ0n) is 6.71. The fraction of sp³-hybridized carbons (Fsp3) is 0.222. The molecule has 0 heterocycles. The van der Waals surface area contributed by atoms with Gasteiger partial charge in [-0.3, -0.25) is 4.79 Å². The van der Waals surface area contributed by atoms with Gasteiger partial charge < -0.3 is 4.74 Å². The van der Waals surface area contributed by atoms with Crippen molar-refractivity contribution in [2.75, 3.05) is 7.11 Å². The number of halogens is 1. The van der Waals surface area contributed by atoms with Gasteiger partial charge in [-0.15, -0.1) is 0 Å². The van der Waals surface area contributed by atoms with Gasteiger partial charge in [0.1, 0.15) is 12.0 Å². The Morgan fingerprint density at radius 2 is 2.33 bits per heavy atom. The number of hydrogen-bond acceptors (Lipinski definition) is 2. The number of benzene rings is 1. The second-order valence-electron chi connectivity index (χ2n) is 2.32. The van der Waals surface area contributed by atoms with Crippen LogP contribution in [-0.4, -0.2) is 13.4 Å². The number of ether oxygens (including phenoxy) is 1. The lowest BCUT2D eigenvalue weighted by Gasteiger charge is -2.03. The molecule has 0 atom stereocenters. The van der Waals surface area contributed by atoms with Crippen molar-refractivity contribution in [3.05, 3.63) is 29.3 Å². The average Bonchev–Trinajstić information content (AvgIpc) is 2.16. The van der Waals surface area contributed by atoms with E-state index in [1.807, 2.05) is 6.07 Å². The molecule has 0 aliphatic rings. The lowest BCUT2D eigenvalue weighted by molar-refractivity contribution is 0.112. The Labute approximate surface area is 79.7 Å². The third-order valence-corrected chi connectivity index (χ3v) is 2.23. The molecular weight excluding hydrogens is 220 g/mol. The Morgan fingerprint density at radius 1 is 1.58 bits per heavy atom. The molecule has 1 rings (SSSR count). The minimum atomic E-state index is 0.665. The molecule has 0 N–H and O–H groups in total. The highest BCUT2D eigenvalue weighted by atomic mass is 79.9. The van der Waals surface area contributed by atoms with Crippen molar-refractivity contribution in [1.82, 2.24) is 0 Å². The van der Waals surface area contributed by atoms with E-state index in [0.29, 0.717) is 10.9 Å². The summed E-state index contributed by atoms with van der Waals surface area (Å²) in [6, 6.07) is 5.37. The summed E-state index contributed by atoms with van der Waals surface area (Å²) >= 11 is 3.30. The zero-order valence-corrected chi connectivity index (χ0v) is 8.30. The largest absolute Gasteiger partial charge is 0.497 e. The van der Waals surface area contributed by atoms with Gasteiger partial charge >= 0.3 is 0 Å². The summed E-state index contributed by atoms with van der Waals surface area (Å²) in [4.78, 5) is 10.5. The first-order valence-electron chi connectivity index (χ1n) is 3.50. The Morgan fingerprint density at radius 3 is 2.83 bits per heavy atom. The van der Waals surface area contributed by atoms with Gasteiger partial charge in [-0.05, 0) is 23.8 Å². The van der Waals surface area contributed by atoms with Crippen LogP contribution in [0.1, 0.15) is 15.9 Å². The van der Waals surface area contributed by atoms with Crippen LogP contribution in [0, 0.1) is 0 Å². The smallest absolute Gasteiger partial charge is 0.150 e. The number of carbonyl (C=O) groups excluding carboxylic acids is 1. The van der Waals surface area contributed by atoms with Crippen LogP contribution >= 0.6 is 15.9 Å². The highest BCUT2D eigenvalue weighted by Gasteiger charge is 2.01. The zero-order chi connectivity index (χ0) is 8.97. The van der Waals surface area contributed by atoms with E-state index < -0.39 is 0 Å². The second kappa shape index (κ2) is 4.26. The first-order valence-corrected chi connectivity index (χ1v) is 4.62. The molecule has 0 aliphatic heterocycles. The van der Waals surface area contributed by atoms with Gasteiger partial charge in [0.2, 0.25) is 0 Å². The van der Waals surface area contributed by atoms with E-state index in [2.05, 4.69) is 15.9 Å². The van der Waals surface area contributed by atoms with Crippen molar-refractivity contribution in [3.63, 3.8) is 0 Å². The lowest BCUT2D eigenvalue weighted by Crippen LogP contribution is -1.91. The first kappa shape index (κ1) is 9.26. The Bertz CT molecular complexity index is 284. The monoisotopic (exact) mass is 228 g/mol. The Balaban J connectivity index is 3.10. The van der Waals surface area contributed by atoms with Gasteiger partial charge in [-0.1, -0.05) is 15.9 Å². The lowest BCUT2D eigenvalue weighted by atomic mass is 10.1. The summed E-state index contributed by atoms with van der Waals surface area (Å²) in [6.07, 6.45) is 0.843. The van der Waals surface area contributed by atoms with E-state index in [4.69, 9.17) is 4.74 Å². The fourth-order valence-electron chi connectivity index (χ4n) is 0.940. The molecule has 64 valence electrons. The minimum Gasteiger partial charge on any atom is -0.497 e. The van der Waals surface area contributed by atoms with Crippen molar-refractivity contribution in [3.8, 4) is 5.75 Å². The molecule has 1 aromatic carbocycles. The number of alkyl halides is 1. The molecule has 2 nitrogen and oxygen atoms in total. The molecule has 0 amide bonds. The van der Waals surface area contributed by atoms with Gasteiger partial charge in [0, 0.05) is 10.9 Å². The van der Waals surface area contributed by atoms with E-state index in [1.54, 1.807) is 19.2 Å². The molecule has 12 heavy (non-hydrogen) atoms. The number of hydrogen-bond donors (Lipinski definition) is 0. The van der Waals surface area contributed by atoms with Crippen molar-refractivity contribution in [2.45, 2.75) is 5.33 Å². The highest BCUT2D eigenvalue weighted by Crippen LogP contribution is 2.18. The predicted molar refractivity (Wildman–Crippen MR) is 51.0 cm³/mol. The van der Waals surface area contributed by atoms with E-state index in [0.717, 1.165) is 17.6 Å². The van der Waals surface area contributed by atoms with E-state index >= 15 is 0 Å². The normalized spacial score (nSPS) is 9.50. The fourth-order valence-corrected chi connectivity index (χ4v) is 1.43. The molecule has 3 heteroatoms. The number of carbonyl (C=O) groups is 1. The maximum absolute atomic E-state index is 10.5. The van der Waals surface area contributed by atoms with Crippen LogP contribution in [0.3, 0.4) is 0 Å². The van der Waals surface area contributed by atoms with E-state index in [-0.39, 0.29) is 0 Å². The quantitative estimate of drug-likeness (QED) is 0.587. The molecule has 0 saturated carbocycles. The van der Waals surface area contributed by atoms with Gasteiger partial charge in [0.05, 0.1) is 7.11 Å². The summed E-state index contributed by atoms with van der Waals surface area (Å²) < 4.78 is 5.02. The molecule has 0 aliphatic carbocycles. The molecule has 0 fully saturated rings. The van der Waals surface area contributed by atoms with Gasteiger partial charge in [0.15, 0.2) is 0 Å².